The van der Waals surface area contributed by atoms with Crippen molar-refractivity contribution in [2.45, 2.75) is 16.3 Å². The fourth-order valence-electron chi connectivity index (χ4n) is 1.18. The maximum Gasteiger partial charge on any atom is 0.372 e. The lowest BCUT2D eigenvalue weighted by molar-refractivity contribution is 0.0262. The predicted octanol–water partition coefficient (Wildman–Crippen LogP) is 0.619. The summed E-state index contributed by atoms with van der Waals surface area (Å²) in [6, 6.07) is 4.41. The van der Waals surface area contributed by atoms with Gasteiger partial charge in [-0.25, -0.2) is 8.42 Å². The van der Waals surface area contributed by atoms with Crippen molar-refractivity contribution in [3.63, 3.8) is 0 Å². The molecule has 0 bridgehead atoms. The molecule has 0 fully saturated rings. The van der Waals surface area contributed by atoms with Crippen molar-refractivity contribution in [3.05, 3.63) is 31.2 Å². The van der Waals surface area contributed by atoms with Crippen LogP contribution in [0.2, 0.25) is 0 Å². The Balaban J connectivity index is 3.06. The van der Waals surface area contributed by atoms with E-state index in [0.717, 1.165) is 12.1 Å². The molecule has 1 aromatic rings. The third kappa shape index (κ3) is 3.62. The number of halogens is 2. The van der Waals surface area contributed by atoms with Crippen LogP contribution in [-0.2, 0) is 9.84 Å². The molecular formula is C11H13F2O5S. The molecule has 0 aromatic heterocycles. The zero-order valence-electron chi connectivity index (χ0n) is 9.79. The number of hydrogen-bond acceptors (Lipinski definition) is 5. The summed E-state index contributed by atoms with van der Waals surface area (Å²) in [5, 5.41) is 13.1. The molecule has 5 nitrogen and oxygen atoms in total. The average molecular weight is 295 g/mol. The Morgan fingerprint density at radius 3 is 2.58 bits per heavy atom. The minimum absolute atomic E-state index is 0.00230. The zero-order chi connectivity index (χ0) is 14.7. The van der Waals surface area contributed by atoms with Crippen LogP contribution in [-0.4, -0.2) is 43.2 Å². The molecule has 0 spiro atoms. The third-order valence-corrected chi connectivity index (χ3v) is 3.93. The highest BCUT2D eigenvalue weighted by atomic mass is 32.2. The molecule has 8 heteroatoms. The number of alkyl halides is 2. The number of benzene rings is 1. The molecule has 0 amide bonds. The molecule has 0 aliphatic carbocycles. The normalized spacial score (nSPS) is 14.2. The Bertz CT molecular complexity index is 528. The van der Waals surface area contributed by atoms with Gasteiger partial charge in [0.2, 0.25) is 9.84 Å². The molecule has 0 saturated heterocycles. The SMILES string of the molecule is [CH2][C@H](O)COc1cccc(S(=O)(=O)C(F)(F)CO)c1. The van der Waals surface area contributed by atoms with E-state index in [1.807, 2.05) is 0 Å². The molecule has 1 rings (SSSR count). The third-order valence-electron chi connectivity index (χ3n) is 2.14. The summed E-state index contributed by atoms with van der Waals surface area (Å²) in [6.07, 6.45) is -1.03. The molecule has 0 aliphatic heterocycles. The molecule has 19 heavy (non-hydrogen) atoms. The van der Waals surface area contributed by atoms with E-state index in [4.69, 9.17) is 14.9 Å². The van der Waals surface area contributed by atoms with E-state index in [1.165, 1.54) is 12.1 Å². The second kappa shape index (κ2) is 5.81. The molecule has 0 unspecified atom stereocenters. The monoisotopic (exact) mass is 295 g/mol. The molecule has 2 N–H and O–H groups in total. The van der Waals surface area contributed by atoms with Gasteiger partial charge in [0, 0.05) is 0 Å². The summed E-state index contributed by atoms with van der Waals surface area (Å²) >= 11 is 0. The van der Waals surface area contributed by atoms with Crippen molar-refractivity contribution in [3.8, 4) is 5.75 Å². The Morgan fingerprint density at radius 2 is 2.05 bits per heavy atom. The van der Waals surface area contributed by atoms with E-state index in [1.54, 1.807) is 0 Å². The first-order valence-electron chi connectivity index (χ1n) is 5.18. The van der Waals surface area contributed by atoms with Crippen LogP contribution in [0.15, 0.2) is 29.2 Å². The fourth-order valence-corrected chi connectivity index (χ4v) is 2.22. The van der Waals surface area contributed by atoms with Gasteiger partial charge in [-0.2, -0.15) is 8.78 Å². The Morgan fingerprint density at radius 1 is 1.42 bits per heavy atom. The van der Waals surface area contributed by atoms with E-state index in [0.29, 0.717) is 0 Å². The Labute approximate surface area is 109 Å². The number of aliphatic hydroxyl groups excluding tert-OH is 2. The van der Waals surface area contributed by atoms with Crippen LogP contribution < -0.4 is 4.74 Å². The number of rotatable bonds is 6. The number of aliphatic hydroxyl groups is 2. The highest BCUT2D eigenvalue weighted by Crippen LogP contribution is 2.30. The Kier molecular flexibility index (Phi) is 4.83. The van der Waals surface area contributed by atoms with Crippen molar-refractivity contribution in [1.82, 2.24) is 0 Å². The first-order chi connectivity index (χ1) is 8.70. The van der Waals surface area contributed by atoms with Crippen LogP contribution in [0.4, 0.5) is 8.78 Å². The van der Waals surface area contributed by atoms with Gasteiger partial charge in [0.05, 0.1) is 11.0 Å². The summed E-state index contributed by atoms with van der Waals surface area (Å²) in [7, 11) is -4.99. The van der Waals surface area contributed by atoms with Crippen LogP contribution in [0.3, 0.4) is 0 Å². The van der Waals surface area contributed by atoms with Crippen molar-refractivity contribution in [1.29, 1.82) is 0 Å². The largest absolute Gasteiger partial charge is 0.491 e. The quantitative estimate of drug-likeness (QED) is 0.804. The lowest BCUT2D eigenvalue weighted by Crippen LogP contribution is -2.32. The van der Waals surface area contributed by atoms with Crippen LogP contribution >= 0.6 is 0 Å². The average Bonchev–Trinajstić information content (AvgIpc) is 2.36. The highest BCUT2D eigenvalue weighted by molar-refractivity contribution is 7.92. The highest BCUT2D eigenvalue weighted by Gasteiger charge is 2.45. The van der Waals surface area contributed by atoms with Gasteiger partial charge in [-0.3, -0.25) is 0 Å². The van der Waals surface area contributed by atoms with Gasteiger partial charge in [0.25, 0.3) is 0 Å². The predicted molar refractivity (Wildman–Crippen MR) is 62.5 cm³/mol. The van der Waals surface area contributed by atoms with Gasteiger partial charge >= 0.3 is 5.25 Å². The minimum Gasteiger partial charge on any atom is -0.491 e. The first kappa shape index (κ1) is 15.8. The second-order valence-corrected chi connectivity index (χ2v) is 5.81. The molecule has 0 heterocycles. The second-order valence-electron chi connectivity index (χ2n) is 3.74. The first-order valence-corrected chi connectivity index (χ1v) is 6.66. The van der Waals surface area contributed by atoms with Gasteiger partial charge in [-0.1, -0.05) is 6.07 Å². The van der Waals surface area contributed by atoms with Crippen molar-refractivity contribution >= 4 is 9.84 Å². The number of sulfone groups is 1. The summed E-state index contributed by atoms with van der Waals surface area (Å²) in [6.45, 7) is 1.22. The molecule has 1 aromatic carbocycles. The summed E-state index contributed by atoms with van der Waals surface area (Å²) in [5.41, 5.74) is 0. The van der Waals surface area contributed by atoms with Crippen molar-refractivity contribution in [2.24, 2.45) is 0 Å². The number of hydrogen-bond donors (Lipinski definition) is 2. The number of ether oxygens (including phenoxy) is 1. The fraction of sp³-hybridized carbons (Fsp3) is 0.364. The van der Waals surface area contributed by atoms with Crippen molar-refractivity contribution in [2.75, 3.05) is 13.2 Å². The van der Waals surface area contributed by atoms with Crippen molar-refractivity contribution < 1.29 is 32.1 Å². The molecular weight excluding hydrogens is 282 g/mol. The van der Waals surface area contributed by atoms with Gasteiger partial charge in [-0.15, -0.1) is 0 Å². The minimum atomic E-state index is -4.99. The molecule has 1 radical (unpaired) electrons. The van der Waals surface area contributed by atoms with Crippen LogP contribution in [0.5, 0.6) is 5.75 Å². The van der Waals surface area contributed by atoms with Gasteiger partial charge < -0.3 is 14.9 Å². The topological polar surface area (TPSA) is 83.8 Å². The van der Waals surface area contributed by atoms with Crippen LogP contribution in [0.25, 0.3) is 0 Å². The van der Waals surface area contributed by atoms with E-state index in [9.17, 15) is 17.2 Å². The summed E-state index contributed by atoms with van der Waals surface area (Å²) < 4.78 is 54.3. The molecule has 0 saturated carbocycles. The van der Waals surface area contributed by atoms with E-state index in [2.05, 4.69) is 6.92 Å². The molecule has 0 aliphatic rings. The summed E-state index contributed by atoms with van der Waals surface area (Å²) in [4.78, 5) is -0.678. The maximum absolute atomic E-state index is 13.1. The van der Waals surface area contributed by atoms with Crippen LogP contribution in [0, 0.1) is 6.92 Å². The van der Waals surface area contributed by atoms with E-state index >= 15 is 0 Å². The van der Waals surface area contributed by atoms with Crippen LogP contribution in [0.1, 0.15) is 0 Å². The summed E-state index contributed by atoms with van der Waals surface area (Å²) in [5.74, 6) is -0.00230. The Hall–Kier alpha value is -1.25. The molecule has 107 valence electrons. The van der Waals surface area contributed by atoms with Gasteiger partial charge in [-0.05, 0) is 25.1 Å². The lowest BCUT2D eigenvalue weighted by atomic mass is 10.3. The van der Waals surface area contributed by atoms with Gasteiger partial charge in [0.1, 0.15) is 19.0 Å². The standard InChI is InChI=1S/C11H13F2O5S/c1-8(15)6-18-9-3-2-4-10(5-9)19(16,17)11(12,13)7-14/h2-5,8,14-15H,1,6-7H2/t8-/m0/s1. The van der Waals surface area contributed by atoms with Gasteiger partial charge in [0.15, 0.2) is 0 Å². The lowest BCUT2D eigenvalue weighted by Gasteiger charge is -2.15. The smallest absolute Gasteiger partial charge is 0.372 e. The molecule has 1 atom stereocenters. The van der Waals surface area contributed by atoms with E-state index < -0.39 is 32.7 Å². The zero-order valence-corrected chi connectivity index (χ0v) is 10.6. The van der Waals surface area contributed by atoms with E-state index in [-0.39, 0.29) is 12.4 Å². The maximum atomic E-state index is 13.1.